The summed E-state index contributed by atoms with van der Waals surface area (Å²) in [5.41, 5.74) is 2.94. The number of ketones is 3. The van der Waals surface area contributed by atoms with E-state index in [1.54, 1.807) is 12.2 Å². The van der Waals surface area contributed by atoms with E-state index in [-0.39, 0.29) is 39.3 Å². The van der Waals surface area contributed by atoms with Crippen molar-refractivity contribution < 1.29 is 19.5 Å². The summed E-state index contributed by atoms with van der Waals surface area (Å²) in [5, 5.41) is 10.4. The molecule has 0 saturated heterocycles. The van der Waals surface area contributed by atoms with E-state index < -0.39 is 0 Å². The van der Waals surface area contributed by atoms with Crippen LogP contribution in [0.25, 0.3) is 0 Å². The van der Waals surface area contributed by atoms with Gasteiger partial charge in [0.05, 0.1) is 6.10 Å². The number of aliphatic hydroxyl groups is 1. The molecule has 0 amide bonds. The number of fused-ring (bicyclic) bond motifs is 10. The molecule has 0 aromatic heterocycles. The van der Waals surface area contributed by atoms with Crippen LogP contribution in [0.1, 0.15) is 105 Å². The highest BCUT2D eigenvalue weighted by atomic mass is 16.3. The first-order valence-electron chi connectivity index (χ1n) is 17.0. The molecular formula is C38H50O4. The van der Waals surface area contributed by atoms with Crippen LogP contribution in [0.2, 0.25) is 0 Å². The second kappa shape index (κ2) is 9.71. The highest BCUT2D eigenvalue weighted by Crippen LogP contribution is 2.65. The van der Waals surface area contributed by atoms with Gasteiger partial charge in [-0.3, -0.25) is 14.4 Å². The molecule has 8 aliphatic carbocycles. The fourth-order valence-corrected chi connectivity index (χ4v) is 12.1. The molecule has 6 saturated carbocycles. The molecule has 226 valence electrons. The Morgan fingerprint density at radius 1 is 0.619 bits per heavy atom. The average Bonchev–Trinajstić information content (AvgIpc) is 3.44. The molecule has 8 rings (SSSR count). The van der Waals surface area contributed by atoms with Gasteiger partial charge in [-0.1, -0.05) is 51.0 Å². The van der Waals surface area contributed by atoms with E-state index in [1.807, 2.05) is 12.2 Å². The predicted octanol–water partition coefficient (Wildman–Crippen LogP) is 7.52. The summed E-state index contributed by atoms with van der Waals surface area (Å²) >= 11 is 0. The maximum Gasteiger partial charge on any atom is 0.178 e. The number of carbonyl (C=O) groups is 3. The highest BCUT2D eigenvalue weighted by molar-refractivity contribution is 6.01. The Kier molecular flexibility index (Phi) is 6.64. The summed E-state index contributed by atoms with van der Waals surface area (Å²) in [6.07, 6.45) is 24.6. The number of Topliss-reactive ketones (excluding diaryl/α,β-unsaturated/α-hetero) is 1. The lowest BCUT2D eigenvalue weighted by atomic mass is 9.48. The number of carbonyl (C=O) groups excluding carboxylic acids is 3. The molecule has 0 bridgehead atoms. The molecule has 6 fully saturated rings. The van der Waals surface area contributed by atoms with Gasteiger partial charge in [-0.2, -0.15) is 0 Å². The minimum absolute atomic E-state index is 0.0487. The van der Waals surface area contributed by atoms with Crippen molar-refractivity contribution in [2.45, 2.75) is 111 Å². The highest BCUT2D eigenvalue weighted by Gasteiger charge is 2.59. The van der Waals surface area contributed by atoms with Crippen LogP contribution in [0.3, 0.4) is 0 Å². The molecule has 11 unspecified atom stereocenters. The summed E-state index contributed by atoms with van der Waals surface area (Å²) in [7, 11) is 0. The number of hydrogen-bond donors (Lipinski definition) is 1. The molecule has 0 aromatic rings. The standard InChI is InChI=1S/C19H26O2.C19H24O2/c2*1-18-9-7-13(20)11-12(18)3-4-14-15-5-6-17(21)19(15,2)10-8-16(14)18/h7,9,11,14-17,21H,3-6,8,10H2,1-2H3;7,9,11,14-16H,3-6,8,10H2,1-2H3. The van der Waals surface area contributed by atoms with Gasteiger partial charge in [0.1, 0.15) is 5.78 Å². The molecule has 4 heteroatoms. The zero-order chi connectivity index (χ0) is 29.7. The van der Waals surface area contributed by atoms with Crippen LogP contribution < -0.4 is 0 Å². The van der Waals surface area contributed by atoms with Crippen LogP contribution in [0.15, 0.2) is 47.6 Å². The van der Waals surface area contributed by atoms with Crippen LogP contribution >= 0.6 is 0 Å². The quantitative estimate of drug-likeness (QED) is 0.327. The summed E-state index contributed by atoms with van der Waals surface area (Å²) in [5.74, 6) is 4.73. The molecular weight excluding hydrogens is 520 g/mol. The Morgan fingerprint density at radius 3 is 1.76 bits per heavy atom. The minimum Gasteiger partial charge on any atom is -0.393 e. The van der Waals surface area contributed by atoms with Crippen molar-refractivity contribution in [1.82, 2.24) is 0 Å². The molecule has 42 heavy (non-hydrogen) atoms. The smallest absolute Gasteiger partial charge is 0.178 e. The summed E-state index contributed by atoms with van der Waals surface area (Å²) < 4.78 is 0. The maximum atomic E-state index is 12.3. The van der Waals surface area contributed by atoms with Crippen LogP contribution in [0.4, 0.5) is 0 Å². The van der Waals surface area contributed by atoms with Crippen molar-refractivity contribution in [3.8, 4) is 0 Å². The summed E-state index contributed by atoms with van der Waals surface area (Å²) in [6.45, 7) is 9.20. The largest absolute Gasteiger partial charge is 0.393 e. The average molecular weight is 571 g/mol. The van der Waals surface area contributed by atoms with E-state index in [2.05, 4.69) is 39.8 Å². The zero-order valence-corrected chi connectivity index (χ0v) is 26.2. The van der Waals surface area contributed by atoms with Crippen LogP contribution in [0.5, 0.6) is 0 Å². The molecule has 0 aromatic carbocycles. The van der Waals surface area contributed by atoms with E-state index in [1.165, 1.54) is 36.8 Å². The first-order chi connectivity index (χ1) is 19.9. The van der Waals surface area contributed by atoms with Crippen molar-refractivity contribution in [3.05, 3.63) is 47.6 Å². The molecule has 1 N–H and O–H groups in total. The van der Waals surface area contributed by atoms with Gasteiger partial charge in [-0.15, -0.1) is 0 Å². The molecule has 0 radical (unpaired) electrons. The number of aliphatic hydroxyl groups excluding tert-OH is 1. The Hall–Kier alpha value is -2.07. The molecule has 0 heterocycles. The Balaban J connectivity index is 0.000000137. The van der Waals surface area contributed by atoms with E-state index in [0.29, 0.717) is 35.4 Å². The SMILES string of the molecule is CC12C=CC(=O)C=C1CCC1C2CCC2(C)C(=O)CCC12.CC12C=CC(=O)C=C1CCC1C2CCC2(C)C(O)CCC12. The van der Waals surface area contributed by atoms with Gasteiger partial charge in [0.15, 0.2) is 11.6 Å². The lowest BCUT2D eigenvalue weighted by Gasteiger charge is -2.56. The van der Waals surface area contributed by atoms with Crippen LogP contribution in [-0.4, -0.2) is 28.6 Å². The Morgan fingerprint density at radius 2 is 1.17 bits per heavy atom. The van der Waals surface area contributed by atoms with E-state index >= 15 is 0 Å². The van der Waals surface area contributed by atoms with Gasteiger partial charge < -0.3 is 5.11 Å². The monoisotopic (exact) mass is 570 g/mol. The van der Waals surface area contributed by atoms with E-state index in [0.717, 1.165) is 57.3 Å². The third-order valence-electron chi connectivity index (χ3n) is 14.8. The van der Waals surface area contributed by atoms with E-state index in [4.69, 9.17) is 0 Å². The van der Waals surface area contributed by atoms with Gasteiger partial charge in [0, 0.05) is 22.7 Å². The first-order valence-corrected chi connectivity index (χ1v) is 17.0. The lowest BCUT2D eigenvalue weighted by Crippen LogP contribution is -2.50. The molecule has 11 atom stereocenters. The number of allylic oxidation sites excluding steroid dienone is 8. The van der Waals surface area contributed by atoms with Crippen molar-refractivity contribution in [3.63, 3.8) is 0 Å². The van der Waals surface area contributed by atoms with Crippen molar-refractivity contribution in [1.29, 1.82) is 0 Å². The molecule has 0 spiro atoms. The third kappa shape index (κ3) is 3.99. The Bertz CT molecular complexity index is 1330. The van der Waals surface area contributed by atoms with E-state index in [9.17, 15) is 19.5 Å². The van der Waals surface area contributed by atoms with Gasteiger partial charge in [-0.25, -0.2) is 0 Å². The third-order valence-corrected chi connectivity index (χ3v) is 14.8. The first kappa shape index (κ1) is 28.7. The molecule has 0 aliphatic heterocycles. The predicted molar refractivity (Wildman–Crippen MR) is 164 cm³/mol. The fraction of sp³-hybridized carbons (Fsp3) is 0.711. The number of hydrogen-bond acceptors (Lipinski definition) is 4. The van der Waals surface area contributed by atoms with Gasteiger partial charge >= 0.3 is 0 Å². The lowest BCUT2D eigenvalue weighted by molar-refractivity contribution is -0.131. The fourth-order valence-electron chi connectivity index (χ4n) is 12.1. The van der Waals surface area contributed by atoms with Gasteiger partial charge in [0.25, 0.3) is 0 Å². The second-order valence-corrected chi connectivity index (χ2v) is 16.3. The van der Waals surface area contributed by atoms with Crippen LogP contribution in [0, 0.1) is 57.2 Å². The van der Waals surface area contributed by atoms with Crippen molar-refractivity contribution in [2.75, 3.05) is 0 Å². The molecule has 4 nitrogen and oxygen atoms in total. The zero-order valence-electron chi connectivity index (χ0n) is 26.2. The minimum atomic E-state index is -0.100. The van der Waals surface area contributed by atoms with Gasteiger partial charge in [-0.05, 0) is 136 Å². The normalized spacial score (nSPS) is 50.2. The van der Waals surface area contributed by atoms with Crippen LogP contribution in [-0.2, 0) is 14.4 Å². The van der Waals surface area contributed by atoms with Crippen molar-refractivity contribution in [2.24, 2.45) is 57.2 Å². The summed E-state index contributed by atoms with van der Waals surface area (Å²) in [6, 6.07) is 0. The van der Waals surface area contributed by atoms with Crippen molar-refractivity contribution >= 4 is 17.3 Å². The topological polar surface area (TPSA) is 71.4 Å². The Labute approximate surface area is 252 Å². The summed E-state index contributed by atoms with van der Waals surface area (Å²) in [4.78, 5) is 35.7. The number of rotatable bonds is 0. The van der Waals surface area contributed by atoms with Gasteiger partial charge in [0.2, 0.25) is 0 Å². The molecule has 8 aliphatic rings. The second-order valence-electron chi connectivity index (χ2n) is 16.3. The maximum absolute atomic E-state index is 12.3.